The van der Waals surface area contributed by atoms with Gasteiger partial charge in [-0.2, -0.15) is 13.2 Å². The standard InChI is InChI=1S/C10H9ClF4N2O3/c11-3-5(18)4-16-8-1-6(10(13,14)15)7(12)2-9(8)17(19)20/h1-2,5,16,18H,3-4H2. The zero-order valence-corrected chi connectivity index (χ0v) is 10.5. The van der Waals surface area contributed by atoms with Crippen molar-refractivity contribution in [3.05, 3.63) is 33.6 Å². The Morgan fingerprint density at radius 1 is 1.45 bits per heavy atom. The van der Waals surface area contributed by atoms with Gasteiger partial charge < -0.3 is 10.4 Å². The topological polar surface area (TPSA) is 75.4 Å². The van der Waals surface area contributed by atoms with Crippen molar-refractivity contribution in [3.8, 4) is 0 Å². The molecule has 0 saturated heterocycles. The normalized spacial score (nSPS) is 13.1. The molecule has 1 aromatic rings. The van der Waals surface area contributed by atoms with Crippen molar-refractivity contribution in [2.45, 2.75) is 12.3 Å². The summed E-state index contributed by atoms with van der Waals surface area (Å²) in [5, 5.41) is 22.1. The molecule has 0 aliphatic heterocycles. The van der Waals surface area contributed by atoms with Crippen LogP contribution in [-0.4, -0.2) is 28.6 Å². The van der Waals surface area contributed by atoms with Crippen molar-refractivity contribution in [2.75, 3.05) is 17.7 Å². The molecule has 0 fully saturated rings. The van der Waals surface area contributed by atoms with Crippen molar-refractivity contribution < 1.29 is 27.6 Å². The van der Waals surface area contributed by atoms with Gasteiger partial charge >= 0.3 is 6.18 Å². The SMILES string of the molecule is O=[N+]([O-])c1cc(F)c(C(F)(F)F)cc1NCC(O)CCl. The summed E-state index contributed by atoms with van der Waals surface area (Å²) in [6.07, 6.45) is -6.10. The van der Waals surface area contributed by atoms with Crippen LogP contribution in [0.3, 0.4) is 0 Å². The smallest absolute Gasteiger partial charge is 0.390 e. The zero-order valence-electron chi connectivity index (χ0n) is 9.75. The Morgan fingerprint density at radius 3 is 2.50 bits per heavy atom. The van der Waals surface area contributed by atoms with Gasteiger partial charge in [0.15, 0.2) is 0 Å². The fraction of sp³-hybridized carbons (Fsp3) is 0.400. The van der Waals surface area contributed by atoms with Crippen LogP contribution in [0.4, 0.5) is 28.9 Å². The maximum Gasteiger partial charge on any atom is 0.419 e. The lowest BCUT2D eigenvalue weighted by atomic mass is 10.1. The van der Waals surface area contributed by atoms with Crippen LogP contribution in [0.25, 0.3) is 0 Å². The molecule has 1 aromatic carbocycles. The number of anilines is 1. The first-order chi connectivity index (χ1) is 9.16. The number of nitrogens with one attached hydrogen (secondary N) is 1. The molecule has 0 amide bonds. The van der Waals surface area contributed by atoms with Gasteiger partial charge in [-0.25, -0.2) is 4.39 Å². The highest BCUT2D eigenvalue weighted by Gasteiger charge is 2.36. The average molecular weight is 317 g/mol. The second kappa shape index (κ2) is 6.23. The lowest BCUT2D eigenvalue weighted by Gasteiger charge is -2.13. The molecule has 1 rings (SSSR count). The third-order valence-corrected chi connectivity index (χ3v) is 2.65. The van der Waals surface area contributed by atoms with E-state index in [4.69, 9.17) is 11.6 Å². The summed E-state index contributed by atoms with van der Waals surface area (Å²) in [4.78, 5) is 9.65. The Balaban J connectivity index is 3.21. The number of nitro groups is 1. The van der Waals surface area contributed by atoms with E-state index in [1.165, 1.54) is 0 Å². The molecule has 0 heterocycles. The molecule has 1 unspecified atom stereocenters. The Kier molecular flexibility index (Phi) is 5.12. The Labute approximate surface area is 115 Å². The van der Waals surface area contributed by atoms with Gasteiger partial charge in [0.05, 0.1) is 28.5 Å². The fourth-order valence-electron chi connectivity index (χ4n) is 1.35. The van der Waals surface area contributed by atoms with E-state index in [1.54, 1.807) is 0 Å². The summed E-state index contributed by atoms with van der Waals surface area (Å²) in [6.45, 7) is -0.312. The molecule has 20 heavy (non-hydrogen) atoms. The lowest BCUT2D eigenvalue weighted by molar-refractivity contribution is -0.384. The van der Waals surface area contributed by atoms with Crippen LogP contribution in [-0.2, 0) is 6.18 Å². The van der Waals surface area contributed by atoms with E-state index in [1.807, 2.05) is 0 Å². The third kappa shape index (κ3) is 3.94. The summed E-state index contributed by atoms with van der Waals surface area (Å²) in [6, 6.07) is 0.465. The van der Waals surface area contributed by atoms with Crippen LogP contribution >= 0.6 is 11.6 Å². The van der Waals surface area contributed by atoms with Crippen molar-refractivity contribution >= 4 is 23.0 Å². The number of alkyl halides is 4. The minimum atomic E-state index is -4.99. The van der Waals surface area contributed by atoms with Crippen LogP contribution in [0, 0.1) is 15.9 Å². The minimum Gasteiger partial charge on any atom is -0.390 e. The molecule has 112 valence electrons. The van der Waals surface area contributed by atoms with Crippen molar-refractivity contribution in [1.82, 2.24) is 0 Å². The summed E-state index contributed by atoms with van der Waals surface area (Å²) >= 11 is 5.29. The van der Waals surface area contributed by atoms with E-state index >= 15 is 0 Å². The predicted molar refractivity (Wildman–Crippen MR) is 63.3 cm³/mol. The fourth-order valence-corrected chi connectivity index (χ4v) is 1.46. The van der Waals surface area contributed by atoms with Gasteiger partial charge in [-0.1, -0.05) is 0 Å². The Bertz CT molecular complexity index is 510. The highest BCUT2D eigenvalue weighted by Crippen LogP contribution is 2.37. The molecule has 0 aliphatic carbocycles. The Morgan fingerprint density at radius 2 is 2.05 bits per heavy atom. The molecular weight excluding hydrogens is 308 g/mol. The number of benzene rings is 1. The van der Waals surface area contributed by atoms with E-state index in [2.05, 4.69) is 5.32 Å². The van der Waals surface area contributed by atoms with Crippen molar-refractivity contribution in [3.63, 3.8) is 0 Å². The van der Waals surface area contributed by atoms with Crippen LogP contribution in [0.2, 0.25) is 0 Å². The van der Waals surface area contributed by atoms with Crippen LogP contribution < -0.4 is 5.32 Å². The summed E-state index contributed by atoms with van der Waals surface area (Å²) in [5.41, 5.74) is -3.05. The number of nitro benzene ring substituents is 1. The first-order valence-electron chi connectivity index (χ1n) is 5.19. The van der Waals surface area contributed by atoms with E-state index < -0.39 is 40.0 Å². The first kappa shape index (κ1) is 16.4. The van der Waals surface area contributed by atoms with Crippen LogP contribution in [0.1, 0.15) is 5.56 Å². The quantitative estimate of drug-likeness (QED) is 0.379. The number of halogens is 5. The molecule has 0 saturated carbocycles. The Hall–Kier alpha value is -1.61. The summed E-state index contributed by atoms with van der Waals surface area (Å²) in [5.74, 6) is -1.96. The largest absolute Gasteiger partial charge is 0.419 e. The van der Waals surface area contributed by atoms with Gasteiger partial charge in [0, 0.05) is 6.54 Å². The van der Waals surface area contributed by atoms with Crippen LogP contribution in [0.15, 0.2) is 12.1 Å². The molecule has 5 nitrogen and oxygen atoms in total. The molecular formula is C10H9ClF4N2O3. The van der Waals surface area contributed by atoms with Gasteiger partial charge in [0.25, 0.3) is 5.69 Å². The first-order valence-corrected chi connectivity index (χ1v) is 5.73. The number of hydrogen-bond acceptors (Lipinski definition) is 4. The van der Waals surface area contributed by atoms with Crippen molar-refractivity contribution in [2.24, 2.45) is 0 Å². The second-order valence-corrected chi connectivity index (χ2v) is 4.10. The summed E-state index contributed by atoms with van der Waals surface area (Å²) < 4.78 is 50.8. The second-order valence-electron chi connectivity index (χ2n) is 3.79. The number of aliphatic hydroxyl groups is 1. The maximum absolute atomic E-state index is 13.2. The number of hydrogen-bond donors (Lipinski definition) is 2. The molecule has 0 aromatic heterocycles. The molecule has 0 bridgehead atoms. The highest BCUT2D eigenvalue weighted by molar-refractivity contribution is 6.18. The molecule has 0 aliphatic rings. The molecule has 0 radical (unpaired) electrons. The van der Waals surface area contributed by atoms with Crippen molar-refractivity contribution in [1.29, 1.82) is 0 Å². The molecule has 10 heteroatoms. The number of rotatable bonds is 5. The zero-order chi connectivity index (χ0) is 15.5. The van der Waals surface area contributed by atoms with Crippen LogP contribution in [0.5, 0.6) is 0 Å². The minimum absolute atomic E-state index is 0.179. The highest BCUT2D eigenvalue weighted by atomic mass is 35.5. The van der Waals surface area contributed by atoms with Gasteiger partial charge in [0.2, 0.25) is 0 Å². The average Bonchev–Trinajstić information content (AvgIpc) is 2.34. The van der Waals surface area contributed by atoms with Gasteiger partial charge in [-0.3, -0.25) is 10.1 Å². The lowest BCUT2D eigenvalue weighted by Crippen LogP contribution is -2.21. The van der Waals surface area contributed by atoms with E-state index in [0.717, 1.165) is 0 Å². The monoisotopic (exact) mass is 316 g/mol. The number of aliphatic hydroxyl groups excluding tert-OH is 1. The third-order valence-electron chi connectivity index (χ3n) is 2.29. The summed E-state index contributed by atoms with van der Waals surface area (Å²) in [7, 11) is 0. The molecule has 2 N–H and O–H groups in total. The van der Waals surface area contributed by atoms with E-state index in [9.17, 15) is 32.8 Å². The van der Waals surface area contributed by atoms with E-state index in [-0.39, 0.29) is 24.6 Å². The van der Waals surface area contributed by atoms with E-state index in [0.29, 0.717) is 0 Å². The molecule has 1 atom stereocenters. The van der Waals surface area contributed by atoms with Gasteiger partial charge in [-0.15, -0.1) is 11.6 Å². The molecule has 0 spiro atoms. The predicted octanol–water partition coefficient (Wildman–Crippen LogP) is 2.76. The van der Waals surface area contributed by atoms with Gasteiger partial charge in [0.1, 0.15) is 11.5 Å². The van der Waals surface area contributed by atoms with Gasteiger partial charge in [-0.05, 0) is 6.07 Å². The number of nitrogens with zero attached hydrogens (tertiary/aromatic N) is 1. The maximum atomic E-state index is 13.2.